The van der Waals surface area contributed by atoms with Crippen molar-refractivity contribution in [1.29, 1.82) is 0 Å². The molecule has 0 bridgehead atoms. The van der Waals surface area contributed by atoms with Crippen LogP contribution in [0.1, 0.15) is 58.4 Å². The third-order valence-corrected chi connectivity index (χ3v) is 6.51. The summed E-state index contributed by atoms with van der Waals surface area (Å²) in [6, 6.07) is 5.46. The van der Waals surface area contributed by atoms with Crippen molar-refractivity contribution >= 4 is 34.8 Å². The molecule has 2 rings (SSSR count). The van der Waals surface area contributed by atoms with Crippen LogP contribution in [0.25, 0.3) is 0 Å². The van der Waals surface area contributed by atoms with Gasteiger partial charge in [-0.3, -0.25) is 19.5 Å². The number of nitrogens with zero attached hydrogens (tertiary/aromatic N) is 2. The number of nitrogens with one attached hydrogen (secondary N) is 2. The predicted molar refractivity (Wildman–Crippen MR) is 137 cm³/mol. The second-order valence-corrected chi connectivity index (χ2v) is 9.57. The Morgan fingerprint density at radius 1 is 1.24 bits per heavy atom. The molecule has 1 aromatic rings. The van der Waals surface area contributed by atoms with Crippen LogP contribution in [0.4, 0.5) is 5.69 Å². The minimum Gasteiger partial charge on any atom is -0.351 e. The Labute approximate surface area is 203 Å². The van der Waals surface area contributed by atoms with Crippen LogP contribution in [0.2, 0.25) is 5.02 Å². The second-order valence-electron chi connectivity index (χ2n) is 9.13. The Hall–Kier alpha value is -2.18. The van der Waals surface area contributed by atoms with Gasteiger partial charge < -0.3 is 10.6 Å². The lowest BCUT2D eigenvalue weighted by Gasteiger charge is -2.25. The Kier molecular flexibility index (Phi) is 11.1. The van der Waals surface area contributed by atoms with E-state index in [-0.39, 0.29) is 23.8 Å². The van der Waals surface area contributed by atoms with Gasteiger partial charge in [0.2, 0.25) is 11.8 Å². The summed E-state index contributed by atoms with van der Waals surface area (Å²) < 4.78 is 0. The number of amides is 2. The third kappa shape index (κ3) is 9.30. The zero-order valence-electron chi connectivity index (χ0n) is 20.5. The van der Waals surface area contributed by atoms with E-state index in [9.17, 15) is 9.59 Å². The molecule has 1 fully saturated rings. The highest BCUT2D eigenvalue weighted by molar-refractivity contribution is 6.30. The van der Waals surface area contributed by atoms with Crippen LogP contribution in [0.15, 0.2) is 35.3 Å². The van der Waals surface area contributed by atoms with Gasteiger partial charge in [0.25, 0.3) is 0 Å². The molecule has 2 atom stereocenters. The number of likely N-dealkylation sites (tertiary alicyclic amines) is 1. The number of benzene rings is 1. The summed E-state index contributed by atoms with van der Waals surface area (Å²) in [5, 5.41) is 6.76. The third-order valence-electron chi connectivity index (χ3n) is 6.28. The summed E-state index contributed by atoms with van der Waals surface area (Å²) in [5.41, 5.74) is 3.34. The predicted octanol–water partition coefficient (Wildman–Crippen LogP) is 4.82. The molecule has 6 nitrogen and oxygen atoms in total. The molecule has 1 aromatic carbocycles. The number of hydrogen-bond donors (Lipinski definition) is 2. The Morgan fingerprint density at radius 3 is 2.58 bits per heavy atom. The lowest BCUT2D eigenvalue weighted by Crippen LogP contribution is -2.47. The van der Waals surface area contributed by atoms with E-state index in [0.29, 0.717) is 36.5 Å². The molecule has 2 unspecified atom stereocenters. The van der Waals surface area contributed by atoms with E-state index in [1.807, 2.05) is 32.0 Å². The standard InChI is InChI=1S/C26H39ClN4O2/c1-6-18(2)24(16-28-26(33)20(4)17-31-13-7-8-14-31)30-25(32)12-9-21(5)29-23-11-10-22(27)15-19(23)3/h10-11,15,18,24H,4,6-9,12-14,16-17H2,1-3,5H3,(H,28,33)(H,30,32). The largest absolute Gasteiger partial charge is 0.351 e. The van der Waals surface area contributed by atoms with E-state index >= 15 is 0 Å². The Balaban J connectivity index is 1.84. The van der Waals surface area contributed by atoms with Crippen LogP contribution in [-0.4, -0.2) is 54.6 Å². The van der Waals surface area contributed by atoms with Crippen molar-refractivity contribution in [2.75, 3.05) is 26.2 Å². The smallest absolute Gasteiger partial charge is 0.247 e. The average molecular weight is 475 g/mol. The molecule has 7 heteroatoms. The van der Waals surface area contributed by atoms with Gasteiger partial charge >= 0.3 is 0 Å². The van der Waals surface area contributed by atoms with Crippen molar-refractivity contribution in [3.8, 4) is 0 Å². The fourth-order valence-corrected chi connectivity index (χ4v) is 4.09. The van der Waals surface area contributed by atoms with Crippen LogP contribution in [-0.2, 0) is 9.59 Å². The number of halogens is 1. The lowest BCUT2D eigenvalue weighted by atomic mass is 9.98. The highest BCUT2D eigenvalue weighted by Gasteiger charge is 2.21. The van der Waals surface area contributed by atoms with Crippen LogP contribution >= 0.6 is 11.6 Å². The number of carbonyl (C=O) groups excluding carboxylic acids is 2. The highest BCUT2D eigenvalue weighted by Crippen LogP contribution is 2.23. The van der Waals surface area contributed by atoms with Gasteiger partial charge in [0.15, 0.2) is 0 Å². The molecule has 0 aromatic heterocycles. The van der Waals surface area contributed by atoms with Gasteiger partial charge in [-0.15, -0.1) is 0 Å². The molecule has 2 amide bonds. The summed E-state index contributed by atoms with van der Waals surface area (Å²) >= 11 is 6.01. The fourth-order valence-electron chi connectivity index (χ4n) is 3.87. The van der Waals surface area contributed by atoms with Crippen LogP contribution in [0.5, 0.6) is 0 Å². The molecule has 0 spiro atoms. The molecule has 0 radical (unpaired) electrons. The van der Waals surface area contributed by atoms with Gasteiger partial charge in [-0.2, -0.15) is 0 Å². The first-order chi connectivity index (χ1) is 15.7. The molecular weight excluding hydrogens is 436 g/mol. The van der Waals surface area contributed by atoms with E-state index in [1.165, 1.54) is 12.8 Å². The molecular formula is C26H39ClN4O2. The molecule has 1 aliphatic rings. The van der Waals surface area contributed by atoms with Crippen LogP contribution in [0.3, 0.4) is 0 Å². The highest BCUT2D eigenvalue weighted by atomic mass is 35.5. The van der Waals surface area contributed by atoms with Gasteiger partial charge in [0, 0.05) is 41.9 Å². The first kappa shape index (κ1) is 27.1. The molecule has 1 saturated heterocycles. The fraction of sp³-hybridized carbons (Fsp3) is 0.577. The summed E-state index contributed by atoms with van der Waals surface area (Å²) in [4.78, 5) is 32.0. The maximum atomic E-state index is 12.6. The van der Waals surface area contributed by atoms with Crippen molar-refractivity contribution in [2.45, 2.75) is 65.8 Å². The first-order valence-corrected chi connectivity index (χ1v) is 12.3. The average Bonchev–Trinajstić information content (AvgIpc) is 3.29. The summed E-state index contributed by atoms with van der Waals surface area (Å²) in [5.74, 6) is 0.0752. The molecule has 0 aliphatic carbocycles. The second kappa shape index (κ2) is 13.5. The molecule has 1 heterocycles. The van der Waals surface area contributed by atoms with Gasteiger partial charge in [-0.1, -0.05) is 38.4 Å². The summed E-state index contributed by atoms with van der Waals surface area (Å²) in [7, 11) is 0. The molecule has 1 aliphatic heterocycles. The number of rotatable bonds is 12. The lowest BCUT2D eigenvalue weighted by molar-refractivity contribution is -0.123. The van der Waals surface area contributed by atoms with Crippen molar-refractivity contribution in [2.24, 2.45) is 10.9 Å². The van der Waals surface area contributed by atoms with Crippen LogP contribution < -0.4 is 10.6 Å². The van der Waals surface area contributed by atoms with E-state index in [1.54, 1.807) is 0 Å². The molecule has 0 saturated carbocycles. The van der Waals surface area contributed by atoms with E-state index in [0.717, 1.165) is 36.5 Å². The normalized spacial score (nSPS) is 16.3. The van der Waals surface area contributed by atoms with Gasteiger partial charge in [-0.05, 0) is 75.9 Å². The Morgan fingerprint density at radius 2 is 1.94 bits per heavy atom. The van der Waals surface area contributed by atoms with Crippen LogP contribution in [0, 0.1) is 12.8 Å². The van der Waals surface area contributed by atoms with Gasteiger partial charge in [0.1, 0.15) is 0 Å². The number of carbonyl (C=O) groups is 2. The SMILES string of the molecule is C=C(CN1CCCC1)C(=O)NCC(NC(=O)CCC(C)=Nc1ccc(Cl)cc1C)C(C)CC. The number of hydrogen-bond acceptors (Lipinski definition) is 4. The zero-order chi connectivity index (χ0) is 24.4. The topological polar surface area (TPSA) is 73.8 Å². The van der Waals surface area contributed by atoms with E-state index in [4.69, 9.17) is 11.6 Å². The minimum absolute atomic E-state index is 0.0344. The van der Waals surface area contributed by atoms with Crippen molar-refractivity contribution in [3.05, 3.63) is 40.9 Å². The van der Waals surface area contributed by atoms with Crippen molar-refractivity contribution in [3.63, 3.8) is 0 Å². The summed E-state index contributed by atoms with van der Waals surface area (Å²) in [6.07, 6.45) is 4.19. The zero-order valence-corrected chi connectivity index (χ0v) is 21.3. The minimum atomic E-state index is -0.134. The number of aryl methyl sites for hydroxylation is 1. The van der Waals surface area contributed by atoms with Crippen molar-refractivity contribution < 1.29 is 9.59 Å². The van der Waals surface area contributed by atoms with Gasteiger partial charge in [-0.25, -0.2) is 0 Å². The van der Waals surface area contributed by atoms with Gasteiger partial charge in [0.05, 0.1) is 5.69 Å². The maximum Gasteiger partial charge on any atom is 0.247 e. The Bertz CT molecular complexity index is 862. The molecule has 2 N–H and O–H groups in total. The maximum absolute atomic E-state index is 12.6. The molecule has 33 heavy (non-hydrogen) atoms. The van der Waals surface area contributed by atoms with E-state index < -0.39 is 0 Å². The first-order valence-electron chi connectivity index (χ1n) is 12.0. The van der Waals surface area contributed by atoms with E-state index in [2.05, 4.69) is 41.0 Å². The molecule has 182 valence electrons. The van der Waals surface area contributed by atoms with Crippen molar-refractivity contribution in [1.82, 2.24) is 15.5 Å². The summed E-state index contributed by atoms with van der Waals surface area (Å²) in [6.45, 7) is 15.1. The monoisotopic (exact) mass is 474 g/mol. The quantitative estimate of drug-likeness (QED) is 0.337. The number of aliphatic imine (C=N–C) groups is 1.